The third-order valence-electron chi connectivity index (χ3n) is 13.0. The lowest BCUT2D eigenvalue weighted by atomic mass is 10.0. The zero-order valence-electron chi connectivity index (χ0n) is 45.8. The second kappa shape index (κ2) is 57.7. The van der Waals surface area contributed by atoms with Gasteiger partial charge in [-0.05, 0) is 89.9 Å². The molecule has 0 aliphatic carbocycles. The van der Waals surface area contributed by atoms with Crippen molar-refractivity contribution in [2.24, 2.45) is 0 Å². The Morgan fingerprint density at radius 2 is 0.522 bits per heavy atom. The van der Waals surface area contributed by atoms with Gasteiger partial charge >= 0.3 is 17.9 Å². The minimum atomic E-state index is -0.781. The second-order valence-electron chi connectivity index (χ2n) is 19.9. The lowest BCUT2D eigenvalue weighted by Gasteiger charge is -2.18. The Balaban J connectivity index is 4.37. The van der Waals surface area contributed by atoms with Gasteiger partial charge in [0, 0.05) is 19.3 Å². The highest BCUT2D eigenvalue weighted by Gasteiger charge is 2.19. The largest absolute Gasteiger partial charge is 0.462 e. The Labute approximate surface area is 428 Å². The molecule has 0 saturated heterocycles. The van der Waals surface area contributed by atoms with E-state index in [2.05, 4.69) is 81.5 Å². The van der Waals surface area contributed by atoms with Crippen LogP contribution in [0.3, 0.4) is 0 Å². The van der Waals surface area contributed by atoms with E-state index in [1.807, 2.05) is 0 Å². The second-order valence-corrected chi connectivity index (χ2v) is 19.9. The average molecular weight is 966 g/mol. The van der Waals surface area contributed by atoms with Crippen molar-refractivity contribution >= 4 is 17.9 Å². The van der Waals surface area contributed by atoms with Crippen LogP contribution >= 0.6 is 0 Å². The maximum atomic E-state index is 12.9. The van der Waals surface area contributed by atoms with Crippen LogP contribution in [-0.4, -0.2) is 37.2 Å². The molecular weight excluding hydrogens is 853 g/mol. The van der Waals surface area contributed by atoms with Crippen molar-refractivity contribution in [1.29, 1.82) is 0 Å². The lowest BCUT2D eigenvalue weighted by Crippen LogP contribution is -2.30. The molecule has 0 heterocycles. The lowest BCUT2D eigenvalue weighted by molar-refractivity contribution is -0.167. The number of carbonyl (C=O) groups excluding carboxylic acids is 3. The van der Waals surface area contributed by atoms with E-state index in [1.54, 1.807) is 0 Å². The summed E-state index contributed by atoms with van der Waals surface area (Å²) in [6.07, 6.45) is 72.0. The van der Waals surface area contributed by atoms with Crippen LogP contribution in [0.1, 0.15) is 303 Å². The van der Waals surface area contributed by atoms with E-state index in [1.165, 1.54) is 180 Å². The van der Waals surface area contributed by atoms with Crippen molar-refractivity contribution in [2.45, 2.75) is 309 Å². The maximum absolute atomic E-state index is 12.9. The first-order valence-electron chi connectivity index (χ1n) is 29.8. The van der Waals surface area contributed by atoms with Crippen LogP contribution in [0.25, 0.3) is 0 Å². The van der Waals surface area contributed by atoms with Gasteiger partial charge in [-0.2, -0.15) is 0 Å². The van der Waals surface area contributed by atoms with Gasteiger partial charge in [0.25, 0.3) is 0 Å². The number of esters is 3. The summed E-state index contributed by atoms with van der Waals surface area (Å²) in [5.41, 5.74) is 0. The minimum Gasteiger partial charge on any atom is -0.462 e. The summed E-state index contributed by atoms with van der Waals surface area (Å²) >= 11 is 0. The molecule has 0 fully saturated rings. The molecule has 0 spiro atoms. The van der Waals surface area contributed by atoms with Crippen LogP contribution in [0.4, 0.5) is 0 Å². The van der Waals surface area contributed by atoms with Crippen LogP contribution in [-0.2, 0) is 28.6 Å². The van der Waals surface area contributed by atoms with E-state index in [4.69, 9.17) is 14.2 Å². The molecule has 0 aromatic heterocycles. The number of hydrogen-bond donors (Lipinski definition) is 0. The zero-order valence-corrected chi connectivity index (χ0v) is 45.8. The third kappa shape index (κ3) is 55.9. The summed E-state index contributed by atoms with van der Waals surface area (Å²) in [5, 5.41) is 0. The highest BCUT2D eigenvalue weighted by Crippen LogP contribution is 2.16. The van der Waals surface area contributed by atoms with Crippen LogP contribution < -0.4 is 0 Å². The molecule has 400 valence electrons. The SMILES string of the molecule is CCCCC/C=C\C/C=C\C/C=C\CCCCCCCCC(=O)OCC(COC(=O)CCCCCCCCCCCCCCC)OC(=O)CCCCCCCCCCC/C=C\C/C=C\CCCCC. The fourth-order valence-electron chi connectivity index (χ4n) is 8.48. The van der Waals surface area contributed by atoms with Gasteiger partial charge < -0.3 is 14.2 Å². The van der Waals surface area contributed by atoms with Crippen molar-refractivity contribution in [1.82, 2.24) is 0 Å². The number of hydrogen-bond acceptors (Lipinski definition) is 6. The molecule has 0 amide bonds. The van der Waals surface area contributed by atoms with Crippen LogP contribution in [0.2, 0.25) is 0 Å². The molecule has 6 heteroatoms. The van der Waals surface area contributed by atoms with Gasteiger partial charge in [-0.3, -0.25) is 14.4 Å². The standard InChI is InChI=1S/C63H112O6/c1-4-7-10-13-16-19-22-25-27-29-31-33-35-38-41-44-47-50-53-56-62(65)68-59-60(58-67-61(64)55-52-49-46-43-40-37-24-21-18-15-12-9-6-3)69-63(66)57-54-51-48-45-42-39-36-34-32-30-28-26-23-20-17-14-11-8-5-2/h16-17,19-20,25-28,31,33,60H,4-15,18,21-24,29-30,32,34-59H2,1-3H3/b19-16-,20-17-,27-25-,28-26-,33-31-. The molecule has 0 rings (SSSR count). The quantitative estimate of drug-likeness (QED) is 0.0262. The Morgan fingerprint density at radius 3 is 0.841 bits per heavy atom. The summed E-state index contributed by atoms with van der Waals surface area (Å²) < 4.78 is 16.9. The Hall–Kier alpha value is -2.89. The first-order chi connectivity index (χ1) is 34.0. The predicted molar refractivity (Wildman–Crippen MR) is 298 cm³/mol. The van der Waals surface area contributed by atoms with Gasteiger partial charge in [0.2, 0.25) is 0 Å². The third-order valence-corrected chi connectivity index (χ3v) is 13.0. The van der Waals surface area contributed by atoms with E-state index < -0.39 is 6.10 Å². The van der Waals surface area contributed by atoms with Gasteiger partial charge in [0.05, 0.1) is 0 Å². The van der Waals surface area contributed by atoms with Crippen molar-refractivity contribution in [2.75, 3.05) is 13.2 Å². The molecule has 6 nitrogen and oxygen atoms in total. The highest BCUT2D eigenvalue weighted by molar-refractivity contribution is 5.71. The van der Waals surface area contributed by atoms with E-state index in [0.717, 1.165) is 83.5 Å². The fourth-order valence-corrected chi connectivity index (χ4v) is 8.48. The fraction of sp³-hybridized carbons (Fsp3) is 0.794. The van der Waals surface area contributed by atoms with E-state index in [-0.39, 0.29) is 31.1 Å². The predicted octanol–water partition coefficient (Wildman–Crippen LogP) is 20.0. The van der Waals surface area contributed by atoms with Gasteiger partial charge in [0.1, 0.15) is 13.2 Å². The number of rotatable bonds is 54. The van der Waals surface area contributed by atoms with Crippen molar-refractivity contribution in [3.63, 3.8) is 0 Å². The van der Waals surface area contributed by atoms with Crippen molar-refractivity contribution < 1.29 is 28.6 Å². The Kier molecular flexibility index (Phi) is 55.3. The molecule has 1 unspecified atom stereocenters. The van der Waals surface area contributed by atoms with Gasteiger partial charge in [-0.1, -0.05) is 255 Å². The molecular formula is C63H112O6. The summed E-state index contributed by atoms with van der Waals surface area (Å²) in [6.45, 7) is 6.60. The molecule has 0 aromatic carbocycles. The molecule has 0 aromatic rings. The number of carbonyl (C=O) groups is 3. The molecule has 69 heavy (non-hydrogen) atoms. The van der Waals surface area contributed by atoms with E-state index in [0.29, 0.717) is 19.3 Å². The van der Waals surface area contributed by atoms with Crippen LogP contribution in [0.15, 0.2) is 60.8 Å². The van der Waals surface area contributed by atoms with Crippen molar-refractivity contribution in [3.8, 4) is 0 Å². The molecule has 0 aliphatic heterocycles. The van der Waals surface area contributed by atoms with Gasteiger partial charge in [-0.15, -0.1) is 0 Å². The minimum absolute atomic E-state index is 0.0775. The van der Waals surface area contributed by atoms with Crippen LogP contribution in [0, 0.1) is 0 Å². The van der Waals surface area contributed by atoms with Gasteiger partial charge in [0.15, 0.2) is 6.10 Å². The zero-order chi connectivity index (χ0) is 50.0. The molecule has 0 N–H and O–H groups in total. The van der Waals surface area contributed by atoms with Crippen LogP contribution in [0.5, 0.6) is 0 Å². The number of ether oxygens (including phenoxy) is 3. The average Bonchev–Trinajstić information content (AvgIpc) is 3.35. The molecule has 0 aliphatic rings. The molecule has 0 saturated carbocycles. The molecule has 0 bridgehead atoms. The van der Waals surface area contributed by atoms with E-state index in [9.17, 15) is 14.4 Å². The smallest absolute Gasteiger partial charge is 0.306 e. The summed E-state index contributed by atoms with van der Waals surface area (Å²) in [5.74, 6) is -0.881. The Bertz CT molecular complexity index is 1250. The van der Waals surface area contributed by atoms with Crippen molar-refractivity contribution in [3.05, 3.63) is 60.8 Å². The first-order valence-corrected chi connectivity index (χ1v) is 29.8. The monoisotopic (exact) mass is 965 g/mol. The first kappa shape index (κ1) is 66.1. The maximum Gasteiger partial charge on any atom is 0.306 e. The normalized spacial score (nSPS) is 12.4. The highest BCUT2D eigenvalue weighted by atomic mass is 16.6. The molecule has 1 atom stereocenters. The number of unbranched alkanes of at least 4 members (excludes halogenated alkanes) is 33. The summed E-state index contributed by atoms with van der Waals surface area (Å²) in [6, 6.07) is 0. The number of allylic oxidation sites excluding steroid dienone is 10. The Morgan fingerprint density at radius 1 is 0.290 bits per heavy atom. The topological polar surface area (TPSA) is 78.9 Å². The van der Waals surface area contributed by atoms with Gasteiger partial charge in [-0.25, -0.2) is 0 Å². The summed E-state index contributed by atoms with van der Waals surface area (Å²) in [7, 11) is 0. The molecule has 0 radical (unpaired) electrons. The summed E-state index contributed by atoms with van der Waals surface area (Å²) in [4.78, 5) is 38.2. The van der Waals surface area contributed by atoms with E-state index >= 15 is 0 Å².